The maximum absolute atomic E-state index is 5.68. The third-order valence-electron chi connectivity index (χ3n) is 11.4. The van der Waals surface area contributed by atoms with Gasteiger partial charge in [0.25, 0.3) is 0 Å². The van der Waals surface area contributed by atoms with Crippen LogP contribution >= 0.6 is 11.8 Å². The molecule has 2 heterocycles. The number of para-hydroxylation sites is 1. The molecule has 0 radical (unpaired) electrons. The minimum atomic E-state index is -0.269. The molecule has 262 valence electrons. The molecule has 1 aliphatic heterocycles. The van der Waals surface area contributed by atoms with E-state index in [2.05, 4.69) is 134 Å². The van der Waals surface area contributed by atoms with Crippen molar-refractivity contribution in [2.75, 3.05) is 12.0 Å². The van der Waals surface area contributed by atoms with Crippen LogP contribution in [0, 0.1) is 0 Å². The molecule has 0 unspecified atom stereocenters. The van der Waals surface area contributed by atoms with Gasteiger partial charge >= 0.3 is 0 Å². The van der Waals surface area contributed by atoms with Crippen molar-refractivity contribution in [3.63, 3.8) is 0 Å². The molecule has 0 atom stereocenters. The lowest BCUT2D eigenvalue weighted by Crippen LogP contribution is -2.20. The Morgan fingerprint density at radius 1 is 0.491 bits per heavy atom. The fourth-order valence-electron chi connectivity index (χ4n) is 8.65. The number of hydrogen-bond donors (Lipinski definition) is 0. The zero-order valence-corrected chi connectivity index (χ0v) is 31.4. The number of anilines is 3. The van der Waals surface area contributed by atoms with E-state index in [1.54, 1.807) is 7.11 Å². The molecular weight excluding hydrogens is 693 g/mol. The van der Waals surface area contributed by atoms with Crippen LogP contribution in [-0.4, -0.2) is 22.1 Å². The van der Waals surface area contributed by atoms with Gasteiger partial charge in [0, 0.05) is 26.3 Å². The van der Waals surface area contributed by atoms with E-state index in [4.69, 9.17) is 19.7 Å². The van der Waals surface area contributed by atoms with E-state index < -0.39 is 0 Å². The third-order valence-corrected chi connectivity index (χ3v) is 12.5. The molecule has 0 saturated carbocycles. The van der Waals surface area contributed by atoms with Gasteiger partial charge in [-0.3, -0.25) is 4.90 Å². The van der Waals surface area contributed by atoms with Crippen LogP contribution < -0.4 is 9.64 Å². The summed E-state index contributed by atoms with van der Waals surface area (Å²) in [5.41, 5.74) is 8.92. The number of hydrogen-bond acceptors (Lipinski definition) is 6. The fourth-order valence-corrected chi connectivity index (χ4v) is 9.72. The Hall–Kier alpha value is -6.50. The number of ether oxygens (including phenoxy) is 1. The summed E-state index contributed by atoms with van der Waals surface area (Å²) >= 11 is 1.81. The Balaban J connectivity index is 1.15. The molecule has 8 aromatic carbocycles. The second kappa shape index (κ2) is 12.0. The van der Waals surface area contributed by atoms with Gasteiger partial charge in [-0.25, -0.2) is 4.98 Å². The van der Waals surface area contributed by atoms with Crippen molar-refractivity contribution in [2.24, 2.45) is 0 Å². The van der Waals surface area contributed by atoms with Crippen LogP contribution in [0.4, 0.5) is 17.3 Å². The zero-order chi connectivity index (χ0) is 36.8. The Morgan fingerprint density at radius 3 is 1.75 bits per heavy atom. The first-order valence-corrected chi connectivity index (χ1v) is 19.4. The van der Waals surface area contributed by atoms with E-state index in [1.807, 2.05) is 48.2 Å². The van der Waals surface area contributed by atoms with Gasteiger partial charge in [0.15, 0.2) is 11.6 Å². The van der Waals surface area contributed by atoms with Crippen molar-refractivity contribution >= 4 is 61.4 Å². The summed E-state index contributed by atoms with van der Waals surface area (Å²) in [6.45, 7) is 4.72. The first-order chi connectivity index (χ1) is 27.0. The van der Waals surface area contributed by atoms with E-state index in [0.717, 1.165) is 33.1 Å². The molecule has 0 bridgehead atoms. The topological polar surface area (TPSA) is 51.1 Å². The van der Waals surface area contributed by atoms with Crippen LogP contribution in [0.25, 0.3) is 66.2 Å². The molecule has 0 fully saturated rings. The normalized spacial score (nSPS) is 13.8. The highest BCUT2D eigenvalue weighted by Gasteiger charge is 2.39. The lowest BCUT2D eigenvalue weighted by atomic mass is 9.81. The lowest BCUT2D eigenvalue weighted by Gasteiger charge is -2.33. The Morgan fingerprint density at radius 2 is 1.05 bits per heavy atom. The summed E-state index contributed by atoms with van der Waals surface area (Å²) in [6, 6.07) is 53.9. The quantitative estimate of drug-likeness (QED) is 0.168. The third kappa shape index (κ3) is 4.84. The molecule has 2 aliphatic rings. The predicted molar refractivity (Wildman–Crippen MR) is 226 cm³/mol. The Bertz CT molecular complexity index is 2980. The molecule has 11 rings (SSSR count). The Labute approximate surface area is 323 Å². The van der Waals surface area contributed by atoms with Crippen LogP contribution in [0.15, 0.2) is 161 Å². The SMILES string of the molecule is COc1ccc2c(c1)c1ccccc1c1cc3c(cc21)C(C)(C)c1cc2c(cc1-3)Sc1ccccc1N2c1nc(-c2ccccc2)nc(-c2ccccc2)n1. The van der Waals surface area contributed by atoms with Gasteiger partial charge in [-0.15, -0.1) is 0 Å². The van der Waals surface area contributed by atoms with E-state index in [1.165, 1.54) is 59.5 Å². The first kappa shape index (κ1) is 32.0. The summed E-state index contributed by atoms with van der Waals surface area (Å²) in [4.78, 5) is 20.0. The molecule has 0 N–H and O–H groups in total. The molecule has 9 aromatic rings. The van der Waals surface area contributed by atoms with Gasteiger partial charge < -0.3 is 4.74 Å². The van der Waals surface area contributed by atoms with Gasteiger partial charge in [0.05, 0.1) is 18.5 Å². The summed E-state index contributed by atoms with van der Waals surface area (Å²) in [5.74, 6) is 2.73. The Kier molecular flexibility index (Phi) is 6.98. The van der Waals surface area contributed by atoms with Crippen LogP contribution in [0.3, 0.4) is 0 Å². The predicted octanol–water partition coefficient (Wildman–Crippen LogP) is 12.9. The highest BCUT2D eigenvalue weighted by atomic mass is 32.2. The van der Waals surface area contributed by atoms with Gasteiger partial charge in [-0.05, 0) is 103 Å². The van der Waals surface area contributed by atoms with Crippen molar-refractivity contribution in [3.05, 3.63) is 163 Å². The number of rotatable bonds is 4. The number of aromatic nitrogens is 3. The van der Waals surface area contributed by atoms with Gasteiger partial charge in [-0.2, -0.15) is 9.97 Å². The van der Waals surface area contributed by atoms with Crippen LogP contribution in [0.5, 0.6) is 5.75 Å². The first-order valence-electron chi connectivity index (χ1n) is 18.6. The summed E-state index contributed by atoms with van der Waals surface area (Å²) in [6.07, 6.45) is 0. The highest BCUT2D eigenvalue weighted by molar-refractivity contribution is 7.99. The number of nitrogens with zero attached hydrogens (tertiary/aromatic N) is 4. The summed E-state index contributed by atoms with van der Waals surface area (Å²) < 4.78 is 5.68. The molecule has 55 heavy (non-hydrogen) atoms. The van der Waals surface area contributed by atoms with Crippen molar-refractivity contribution in [1.82, 2.24) is 15.0 Å². The molecule has 0 amide bonds. The number of benzene rings is 8. The van der Waals surface area contributed by atoms with E-state index >= 15 is 0 Å². The molecule has 5 nitrogen and oxygen atoms in total. The second-order valence-corrected chi connectivity index (χ2v) is 15.9. The van der Waals surface area contributed by atoms with Gasteiger partial charge in [0.1, 0.15) is 5.75 Å². The van der Waals surface area contributed by atoms with E-state index in [-0.39, 0.29) is 5.41 Å². The van der Waals surface area contributed by atoms with Crippen molar-refractivity contribution in [2.45, 2.75) is 29.1 Å². The van der Waals surface area contributed by atoms with Crippen LogP contribution in [0.2, 0.25) is 0 Å². The fraction of sp³-hybridized carbons (Fsp3) is 0.0816. The van der Waals surface area contributed by atoms with Crippen molar-refractivity contribution in [1.29, 1.82) is 0 Å². The minimum absolute atomic E-state index is 0.269. The van der Waals surface area contributed by atoms with Crippen molar-refractivity contribution in [3.8, 4) is 39.7 Å². The minimum Gasteiger partial charge on any atom is -0.497 e. The van der Waals surface area contributed by atoms with E-state index in [9.17, 15) is 0 Å². The molecule has 0 spiro atoms. The number of methoxy groups -OCH3 is 1. The highest BCUT2D eigenvalue weighted by Crippen LogP contribution is 2.58. The zero-order valence-electron chi connectivity index (χ0n) is 30.5. The van der Waals surface area contributed by atoms with Crippen LogP contribution in [0.1, 0.15) is 25.0 Å². The van der Waals surface area contributed by atoms with Gasteiger partial charge in [-0.1, -0.05) is 129 Å². The van der Waals surface area contributed by atoms with Crippen molar-refractivity contribution < 1.29 is 4.74 Å². The molecule has 6 heteroatoms. The molecule has 0 saturated heterocycles. The molecule has 1 aliphatic carbocycles. The smallest absolute Gasteiger partial charge is 0.238 e. The second-order valence-electron chi connectivity index (χ2n) is 14.8. The van der Waals surface area contributed by atoms with Gasteiger partial charge in [0.2, 0.25) is 5.95 Å². The number of fused-ring (bicyclic) bond motifs is 11. The maximum Gasteiger partial charge on any atom is 0.238 e. The molecule has 1 aromatic heterocycles. The lowest BCUT2D eigenvalue weighted by molar-refractivity contribution is 0.415. The van der Waals surface area contributed by atoms with E-state index in [0.29, 0.717) is 17.6 Å². The summed E-state index contributed by atoms with van der Waals surface area (Å²) in [7, 11) is 1.74. The maximum atomic E-state index is 5.68. The summed E-state index contributed by atoms with van der Waals surface area (Å²) in [5, 5.41) is 7.45. The monoisotopic (exact) mass is 726 g/mol. The average molecular weight is 727 g/mol. The largest absolute Gasteiger partial charge is 0.497 e. The average Bonchev–Trinajstić information content (AvgIpc) is 3.45. The standard InChI is InChI=1S/C49H34N4OS/c1-49(2)40-26-37-34-23-22-31(54-3)24-35(34)32-18-10-11-19-33(32)36(37)25-38(40)39-27-45-43(28-41(39)49)53(42-20-12-13-21-44(42)55-45)48-51-46(29-14-6-4-7-15-29)50-47(52-48)30-16-8-5-9-17-30/h4-28H,1-3H3. The van der Waals surface area contributed by atoms with Crippen LogP contribution in [-0.2, 0) is 5.41 Å². The molecular formula is C49H34N4OS.